The number of benzene rings is 1. The van der Waals surface area contributed by atoms with E-state index in [4.69, 9.17) is 17.3 Å². The predicted octanol–water partition coefficient (Wildman–Crippen LogP) is 3.08. The number of halogens is 1. The van der Waals surface area contributed by atoms with Gasteiger partial charge in [-0.3, -0.25) is 0 Å². The first-order chi connectivity index (χ1) is 7.69. The molecular weight excluding hydrogens is 244 g/mol. The minimum absolute atomic E-state index is 0.613. The number of nitrogens with two attached hydrogens (primary N) is 1. The number of rotatable bonds is 3. The second kappa shape index (κ2) is 4.67. The summed E-state index contributed by atoms with van der Waals surface area (Å²) >= 11 is 7.34. The molecule has 0 spiro atoms. The Morgan fingerprint density at radius 3 is 3.00 bits per heavy atom. The molecule has 6 heteroatoms. The van der Waals surface area contributed by atoms with Crippen molar-refractivity contribution in [3.8, 4) is 0 Å². The summed E-state index contributed by atoms with van der Waals surface area (Å²) in [5.41, 5.74) is 7.09. The van der Waals surface area contributed by atoms with E-state index in [1.807, 2.05) is 6.92 Å². The molecule has 2 aromatic rings. The van der Waals surface area contributed by atoms with Crippen LogP contribution in [0.15, 0.2) is 18.2 Å². The number of hydrogen-bond donors (Lipinski definition) is 2. The molecule has 0 aliphatic rings. The maximum atomic E-state index is 6.03. The predicted molar refractivity (Wildman–Crippen MR) is 68.4 cm³/mol. The lowest BCUT2D eigenvalue weighted by molar-refractivity contribution is 1.00. The van der Waals surface area contributed by atoms with E-state index in [2.05, 4.69) is 14.7 Å². The van der Waals surface area contributed by atoms with Gasteiger partial charge in [0.1, 0.15) is 5.82 Å². The Labute approximate surface area is 103 Å². The van der Waals surface area contributed by atoms with E-state index < -0.39 is 0 Å². The smallest absolute Gasteiger partial charge is 0.207 e. The number of aryl methyl sites for hydroxylation is 1. The Morgan fingerprint density at radius 1 is 1.50 bits per heavy atom. The van der Waals surface area contributed by atoms with Crippen molar-refractivity contribution >= 4 is 39.6 Å². The number of hydrogen-bond acceptors (Lipinski definition) is 5. The van der Waals surface area contributed by atoms with Crippen LogP contribution in [0.25, 0.3) is 0 Å². The molecular formula is C10H11ClN4S. The fourth-order valence-corrected chi connectivity index (χ4v) is 2.03. The molecule has 0 aliphatic heterocycles. The standard InChI is InChI=1S/C10H11ClN4S/c1-2-9-14-10(16-15-9)13-8-5-6(12)3-4-7(8)11/h3-5H,2,12H2,1H3,(H,13,14,15). The summed E-state index contributed by atoms with van der Waals surface area (Å²) in [5, 5.41) is 4.44. The van der Waals surface area contributed by atoms with Gasteiger partial charge in [-0.1, -0.05) is 18.5 Å². The second-order valence-corrected chi connectivity index (χ2v) is 4.39. The largest absolute Gasteiger partial charge is 0.399 e. The Balaban J connectivity index is 2.22. The van der Waals surface area contributed by atoms with Crippen LogP contribution in [-0.2, 0) is 6.42 Å². The van der Waals surface area contributed by atoms with E-state index in [0.717, 1.165) is 23.1 Å². The molecule has 0 saturated heterocycles. The van der Waals surface area contributed by atoms with Gasteiger partial charge in [-0.05, 0) is 18.2 Å². The fraction of sp³-hybridized carbons (Fsp3) is 0.200. The monoisotopic (exact) mass is 254 g/mol. The minimum atomic E-state index is 0.613. The van der Waals surface area contributed by atoms with E-state index in [1.54, 1.807) is 18.2 Å². The van der Waals surface area contributed by atoms with Gasteiger partial charge >= 0.3 is 0 Å². The number of aromatic nitrogens is 2. The van der Waals surface area contributed by atoms with Gasteiger partial charge in [0.05, 0.1) is 10.7 Å². The lowest BCUT2D eigenvalue weighted by Crippen LogP contribution is -1.93. The SMILES string of the molecule is CCc1nsc(Nc2cc(N)ccc2Cl)n1. The quantitative estimate of drug-likeness (QED) is 0.827. The van der Waals surface area contributed by atoms with Crippen LogP contribution in [0.5, 0.6) is 0 Å². The highest BCUT2D eigenvalue weighted by Gasteiger charge is 2.05. The van der Waals surface area contributed by atoms with Gasteiger partial charge in [0.15, 0.2) is 0 Å². The van der Waals surface area contributed by atoms with E-state index in [1.165, 1.54) is 11.5 Å². The van der Waals surface area contributed by atoms with Crippen molar-refractivity contribution in [2.75, 3.05) is 11.1 Å². The van der Waals surface area contributed by atoms with Crippen molar-refractivity contribution in [3.63, 3.8) is 0 Å². The van der Waals surface area contributed by atoms with Gasteiger partial charge in [-0.25, -0.2) is 4.98 Å². The zero-order valence-corrected chi connectivity index (χ0v) is 10.3. The molecule has 0 radical (unpaired) electrons. The molecule has 4 nitrogen and oxygen atoms in total. The van der Waals surface area contributed by atoms with Crippen molar-refractivity contribution in [3.05, 3.63) is 29.0 Å². The first-order valence-corrected chi connectivity index (χ1v) is 5.99. The number of anilines is 3. The molecule has 0 aliphatic carbocycles. The van der Waals surface area contributed by atoms with Crippen LogP contribution in [-0.4, -0.2) is 9.36 Å². The summed E-state index contributed by atoms with van der Waals surface area (Å²) in [6.45, 7) is 2.01. The molecule has 0 saturated carbocycles. The van der Waals surface area contributed by atoms with E-state index >= 15 is 0 Å². The highest BCUT2D eigenvalue weighted by molar-refractivity contribution is 7.09. The zero-order valence-electron chi connectivity index (χ0n) is 8.70. The summed E-state index contributed by atoms with van der Waals surface area (Å²) in [6, 6.07) is 5.28. The first kappa shape index (κ1) is 11.2. The van der Waals surface area contributed by atoms with E-state index in [-0.39, 0.29) is 0 Å². The Morgan fingerprint density at radius 2 is 2.31 bits per heavy atom. The van der Waals surface area contributed by atoms with Gasteiger partial charge < -0.3 is 11.1 Å². The van der Waals surface area contributed by atoms with E-state index in [0.29, 0.717) is 10.7 Å². The first-order valence-electron chi connectivity index (χ1n) is 4.83. The zero-order chi connectivity index (χ0) is 11.5. The normalized spacial score (nSPS) is 10.4. The van der Waals surface area contributed by atoms with Crippen LogP contribution in [0, 0.1) is 0 Å². The highest BCUT2D eigenvalue weighted by Crippen LogP contribution is 2.28. The van der Waals surface area contributed by atoms with Crippen LogP contribution in [0.1, 0.15) is 12.7 Å². The molecule has 16 heavy (non-hydrogen) atoms. The van der Waals surface area contributed by atoms with Gasteiger partial charge in [0.25, 0.3) is 0 Å². The van der Waals surface area contributed by atoms with Crippen LogP contribution in [0.4, 0.5) is 16.5 Å². The Bertz CT molecular complexity index is 497. The average Bonchev–Trinajstić information content (AvgIpc) is 2.71. The van der Waals surface area contributed by atoms with Gasteiger partial charge in [-0.2, -0.15) is 4.37 Å². The van der Waals surface area contributed by atoms with Crippen molar-refractivity contribution < 1.29 is 0 Å². The molecule has 0 amide bonds. The lowest BCUT2D eigenvalue weighted by Gasteiger charge is -2.05. The molecule has 0 bridgehead atoms. The van der Waals surface area contributed by atoms with Crippen LogP contribution >= 0.6 is 23.1 Å². The fourth-order valence-electron chi connectivity index (χ4n) is 1.20. The highest BCUT2D eigenvalue weighted by atomic mass is 35.5. The Kier molecular flexibility index (Phi) is 3.26. The van der Waals surface area contributed by atoms with Gasteiger partial charge in [0.2, 0.25) is 5.13 Å². The molecule has 0 unspecified atom stereocenters. The van der Waals surface area contributed by atoms with Crippen LogP contribution < -0.4 is 11.1 Å². The second-order valence-electron chi connectivity index (χ2n) is 3.23. The summed E-state index contributed by atoms with van der Waals surface area (Å²) in [4.78, 5) is 4.29. The average molecular weight is 255 g/mol. The number of nitrogen functional groups attached to an aromatic ring is 1. The van der Waals surface area contributed by atoms with Crippen molar-refractivity contribution in [1.82, 2.24) is 9.36 Å². The number of nitrogens with zero attached hydrogens (tertiary/aromatic N) is 2. The van der Waals surface area contributed by atoms with Crippen molar-refractivity contribution in [1.29, 1.82) is 0 Å². The topological polar surface area (TPSA) is 63.8 Å². The third-order valence-electron chi connectivity index (χ3n) is 2.02. The molecule has 1 aromatic heterocycles. The molecule has 1 heterocycles. The molecule has 1 aromatic carbocycles. The molecule has 2 rings (SSSR count). The van der Waals surface area contributed by atoms with Crippen molar-refractivity contribution in [2.24, 2.45) is 0 Å². The third-order valence-corrected chi connectivity index (χ3v) is 3.01. The van der Waals surface area contributed by atoms with Crippen LogP contribution in [0.2, 0.25) is 5.02 Å². The molecule has 0 atom stereocenters. The molecule has 84 valence electrons. The van der Waals surface area contributed by atoms with E-state index in [9.17, 15) is 0 Å². The van der Waals surface area contributed by atoms with Crippen LogP contribution in [0.3, 0.4) is 0 Å². The molecule has 0 fully saturated rings. The maximum Gasteiger partial charge on any atom is 0.207 e. The number of nitrogens with one attached hydrogen (secondary N) is 1. The summed E-state index contributed by atoms with van der Waals surface area (Å²) < 4.78 is 4.18. The summed E-state index contributed by atoms with van der Waals surface area (Å²) in [7, 11) is 0. The van der Waals surface area contributed by atoms with Gasteiger partial charge in [-0.15, -0.1) is 0 Å². The summed E-state index contributed by atoms with van der Waals surface area (Å²) in [5.74, 6) is 0.826. The van der Waals surface area contributed by atoms with Gasteiger partial charge in [0, 0.05) is 23.6 Å². The summed E-state index contributed by atoms with van der Waals surface area (Å²) in [6.07, 6.45) is 0.822. The maximum absolute atomic E-state index is 6.03. The Hall–Kier alpha value is -1.33. The molecule has 3 N–H and O–H groups in total. The lowest BCUT2D eigenvalue weighted by atomic mass is 10.3. The van der Waals surface area contributed by atoms with Crippen molar-refractivity contribution in [2.45, 2.75) is 13.3 Å². The minimum Gasteiger partial charge on any atom is -0.399 e. The third kappa shape index (κ3) is 2.43.